The number of rotatable bonds is 3. The van der Waals surface area contributed by atoms with Crippen molar-refractivity contribution in [2.45, 2.75) is 6.92 Å². The first kappa shape index (κ1) is 12.0. The van der Waals surface area contributed by atoms with Crippen LogP contribution in [0.1, 0.15) is 16.7 Å². The highest BCUT2D eigenvalue weighted by molar-refractivity contribution is 5.74. The molecule has 0 aliphatic carbocycles. The van der Waals surface area contributed by atoms with Crippen LogP contribution in [0, 0.1) is 17.0 Å². The molecule has 0 aliphatic heterocycles. The predicted molar refractivity (Wildman–Crippen MR) is 71.0 cm³/mol. The minimum absolute atomic E-state index is 0.125. The van der Waals surface area contributed by atoms with Gasteiger partial charge in [-0.3, -0.25) is 15.1 Å². The second kappa shape index (κ2) is 5.23. The summed E-state index contributed by atoms with van der Waals surface area (Å²) < 4.78 is 0. The lowest BCUT2D eigenvalue weighted by molar-refractivity contribution is -0.385. The van der Waals surface area contributed by atoms with Crippen molar-refractivity contribution in [3.05, 3.63) is 69.5 Å². The number of hydrogen-bond donors (Lipinski definition) is 0. The highest BCUT2D eigenvalue weighted by Gasteiger charge is 2.10. The summed E-state index contributed by atoms with van der Waals surface area (Å²) in [6.07, 6.45) is 6.94. The first-order valence-corrected chi connectivity index (χ1v) is 5.50. The molecule has 0 N–H and O–H groups in total. The Bertz CT molecular complexity index is 592. The van der Waals surface area contributed by atoms with Gasteiger partial charge in [0.1, 0.15) is 0 Å². The quantitative estimate of drug-likeness (QED) is 0.609. The van der Waals surface area contributed by atoms with Crippen LogP contribution in [-0.2, 0) is 0 Å². The molecule has 1 aromatic heterocycles. The summed E-state index contributed by atoms with van der Waals surface area (Å²) >= 11 is 0. The largest absolute Gasteiger partial charge is 0.276 e. The number of nitro groups is 1. The van der Waals surface area contributed by atoms with Gasteiger partial charge < -0.3 is 0 Å². The second-order valence-corrected chi connectivity index (χ2v) is 3.93. The standard InChI is InChI=1S/C14H12N2O2/c1-11-2-4-13(14(10-11)16(17)18)5-3-12-6-8-15-9-7-12/h2-10H,1H3. The van der Waals surface area contributed by atoms with Crippen molar-refractivity contribution < 1.29 is 4.92 Å². The molecule has 0 amide bonds. The van der Waals surface area contributed by atoms with E-state index in [4.69, 9.17) is 0 Å². The van der Waals surface area contributed by atoms with Crippen LogP contribution in [0.5, 0.6) is 0 Å². The van der Waals surface area contributed by atoms with E-state index < -0.39 is 0 Å². The second-order valence-electron chi connectivity index (χ2n) is 3.93. The molecule has 0 bridgehead atoms. The fourth-order valence-electron chi connectivity index (χ4n) is 1.61. The molecule has 90 valence electrons. The van der Waals surface area contributed by atoms with Crippen LogP contribution in [0.25, 0.3) is 12.2 Å². The van der Waals surface area contributed by atoms with Gasteiger partial charge in [-0.25, -0.2) is 0 Å². The van der Waals surface area contributed by atoms with Crippen molar-refractivity contribution in [1.82, 2.24) is 4.98 Å². The molecule has 4 nitrogen and oxygen atoms in total. The summed E-state index contributed by atoms with van der Waals surface area (Å²) in [7, 11) is 0. The minimum atomic E-state index is -0.362. The summed E-state index contributed by atoms with van der Waals surface area (Å²) in [6, 6.07) is 8.88. The van der Waals surface area contributed by atoms with Crippen molar-refractivity contribution in [3.8, 4) is 0 Å². The maximum absolute atomic E-state index is 10.9. The van der Waals surface area contributed by atoms with Gasteiger partial charge in [-0.1, -0.05) is 12.1 Å². The highest BCUT2D eigenvalue weighted by Crippen LogP contribution is 2.22. The van der Waals surface area contributed by atoms with E-state index in [1.807, 2.05) is 31.2 Å². The fraction of sp³-hybridized carbons (Fsp3) is 0.0714. The van der Waals surface area contributed by atoms with Crippen LogP contribution in [-0.4, -0.2) is 9.91 Å². The number of hydrogen-bond acceptors (Lipinski definition) is 3. The zero-order chi connectivity index (χ0) is 13.0. The van der Waals surface area contributed by atoms with E-state index >= 15 is 0 Å². The Hall–Kier alpha value is -2.49. The topological polar surface area (TPSA) is 56.0 Å². The summed E-state index contributed by atoms with van der Waals surface area (Å²) in [5.41, 5.74) is 2.56. The summed E-state index contributed by atoms with van der Waals surface area (Å²) in [6.45, 7) is 1.84. The van der Waals surface area contributed by atoms with Gasteiger partial charge in [0.15, 0.2) is 0 Å². The molecule has 0 atom stereocenters. The molecule has 0 aliphatic rings. The van der Waals surface area contributed by atoms with Gasteiger partial charge in [-0.2, -0.15) is 0 Å². The third-order valence-electron chi connectivity index (χ3n) is 2.54. The molecule has 1 heterocycles. The van der Waals surface area contributed by atoms with Crippen LogP contribution in [0.4, 0.5) is 5.69 Å². The van der Waals surface area contributed by atoms with Gasteiger partial charge in [0.2, 0.25) is 0 Å². The summed E-state index contributed by atoms with van der Waals surface area (Å²) in [5.74, 6) is 0. The Morgan fingerprint density at radius 3 is 2.56 bits per heavy atom. The molecule has 1 aromatic carbocycles. The van der Waals surface area contributed by atoms with Gasteiger partial charge >= 0.3 is 0 Å². The Labute approximate surface area is 105 Å². The molecule has 0 spiro atoms. The van der Waals surface area contributed by atoms with Crippen LogP contribution in [0.15, 0.2) is 42.7 Å². The first-order chi connectivity index (χ1) is 8.66. The number of aryl methyl sites for hydroxylation is 1. The number of nitro benzene ring substituents is 1. The number of aromatic nitrogens is 1. The Morgan fingerprint density at radius 1 is 1.17 bits per heavy atom. The highest BCUT2D eigenvalue weighted by atomic mass is 16.6. The number of pyridine rings is 1. The number of benzene rings is 1. The van der Waals surface area contributed by atoms with Crippen molar-refractivity contribution in [2.24, 2.45) is 0 Å². The lowest BCUT2D eigenvalue weighted by Gasteiger charge is -1.99. The van der Waals surface area contributed by atoms with Crippen molar-refractivity contribution >= 4 is 17.8 Å². The molecule has 0 fully saturated rings. The molecule has 0 radical (unpaired) electrons. The van der Waals surface area contributed by atoms with E-state index in [0.717, 1.165) is 11.1 Å². The number of nitrogens with zero attached hydrogens (tertiary/aromatic N) is 2. The van der Waals surface area contributed by atoms with Crippen LogP contribution in [0.2, 0.25) is 0 Å². The van der Waals surface area contributed by atoms with Gasteiger partial charge in [-0.15, -0.1) is 0 Å². The lowest BCUT2D eigenvalue weighted by Crippen LogP contribution is -1.92. The molecule has 0 unspecified atom stereocenters. The maximum atomic E-state index is 10.9. The zero-order valence-electron chi connectivity index (χ0n) is 9.91. The Kier molecular flexibility index (Phi) is 3.48. The average Bonchev–Trinajstić information content (AvgIpc) is 2.38. The van der Waals surface area contributed by atoms with E-state index in [1.165, 1.54) is 0 Å². The lowest BCUT2D eigenvalue weighted by atomic mass is 10.1. The maximum Gasteiger partial charge on any atom is 0.276 e. The zero-order valence-corrected chi connectivity index (χ0v) is 9.91. The monoisotopic (exact) mass is 240 g/mol. The first-order valence-electron chi connectivity index (χ1n) is 5.50. The summed E-state index contributed by atoms with van der Waals surface area (Å²) in [4.78, 5) is 14.5. The van der Waals surface area contributed by atoms with E-state index in [1.54, 1.807) is 30.6 Å². The van der Waals surface area contributed by atoms with Gasteiger partial charge in [-0.05, 0) is 42.3 Å². The van der Waals surface area contributed by atoms with Crippen molar-refractivity contribution in [2.75, 3.05) is 0 Å². The predicted octanol–water partition coefficient (Wildman–Crippen LogP) is 3.47. The molecule has 2 rings (SSSR count). The molecule has 4 heteroatoms. The normalized spacial score (nSPS) is 10.7. The minimum Gasteiger partial charge on any atom is -0.265 e. The van der Waals surface area contributed by atoms with Crippen molar-refractivity contribution in [3.63, 3.8) is 0 Å². The molecular formula is C14H12N2O2. The summed E-state index contributed by atoms with van der Waals surface area (Å²) in [5, 5.41) is 10.9. The fourth-order valence-corrected chi connectivity index (χ4v) is 1.61. The third-order valence-corrected chi connectivity index (χ3v) is 2.54. The molecule has 18 heavy (non-hydrogen) atoms. The van der Waals surface area contributed by atoms with Gasteiger partial charge in [0.05, 0.1) is 10.5 Å². The van der Waals surface area contributed by atoms with E-state index in [9.17, 15) is 10.1 Å². The third kappa shape index (κ3) is 2.79. The smallest absolute Gasteiger partial charge is 0.265 e. The van der Waals surface area contributed by atoms with E-state index in [-0.39, 0.29) is 10.6 Å². The van der Waals surface area contributed by atoms with Crippen LogP contribution >= 0.6 is 0 Å². The SMILES string of the molecule is Cc1ccc(C=Cc2ccncc2)c([N+](=O)[O-])c1. The molecule has 0 saturated heterocycles. The average molecular weight is 240 g/mol. The molecule has 0 saturated carbocycles. The molecular weight excluding hydrogens is 228 g/mol. The van der Waals surface area contributed by atoms with E-state index in [2.05, 4.69) is 4.98 Å². The Balaban J connectivity index is 2.35. The van der Waals surface area contributed by atoms with Crippen LogP contribution < -0.4 is 0 Å². The van der Waals surface area contributed by atoms with Crippen LogP contribution in [0.3, 0.4) is 0 Å². The van der Waals surface area contributed by atoms with Crippen molar-refractivity contribution in [1.29, 1.82) is 0 Å². The molecule has 2 aromatic rings. The van der Waals surface area contributed by atoms with E-state index in [0.29, 0.717) is 5.56 Å². The Morgan fingerprint density at radius 2 is 1.89 bits per heavy atom. The van der Waals surface area contributed by atoms with Gasteiger partial charge in [0.25, 0.3) is 5.69 Å². The van der Waals surface area contributed by atoms with Gasteiger partial charge in [0, 0.05) is 18.5 Å².